The molecular weight excluding hydrogens is 236 g/mol. The minimum Gasteiger partial charge on any atom is -0.394 e. The summed E-state index contributed by atoms with van der Waals surface area (Å²) in [5, 5.41) is 20.6. The molecule has 0 spiro atoms. The number of ether oxygens (including phenoxy) is 1. The molecule has 0 amide bonds. The van der Waals surface area contributed by atoms with Crippen LogP contribution in [0.15, 0.2) is 12.1 Å². The number of aliphatic hydroxyl groups excluding tert-OH is 1. The minimum atomic E-state index is 0.0793. The lowest BCUT2D eigenvalue weighted by Gasteiger charge is -2.11. The van der Waals surface area contributed by atoms with Crippen LogP contribution < -0.4 is 5.32 Å². The van der Waals surface area contributed by atoms with Crippen LogP contribution in [-0.2, 0) is 4.74 Å². The molecule has 1 heterocycles. The summed E-state index contributed by atoms with van der Waals surface area (Å²) < 4.78 is 5.16. The first-order valence-electron chi connectivity index (χ1n) is 5.69. The summed E-state index contributed by atoms with van der Waals surface area (Å²) in [5.74, 6) is 0. The van der Waals surface area contributed by atoms with Crippen LogP contribution in [-0.4, -0.2) is 31.5 Å². The Kier molecular flexibility index (Phi) is 6.82. The van der Waals surface area contributed by atoms with Crippen molar-refractivity contribution < 1.29 is 9.84 Å². The SMILES string of the molecule is CC(NCCCOCCO)c1ccc(C#N)s1. The van der Waals surface area contributed by atoms with Gasteiger partial charge in [-0.05, 0) is 32.0 Å². The van der Waals surface area contributed by atoms with Gasteiger partial charge in [0.15, 0.2) is 0 Å². The standard InChI is InChI=1S/C12H18N2O2S/c1-10(12-4-3-11(9-13)17-12)14-5-2-7-16-8-6-15/h3-4,10,14-15H,2,5-8H2,1H3. The monoisotopic (exact) mass is 254 g/mol. The summed E-state index contributed by atoms with van der Waals surface area (Å²) in [6.45, 7) is 4.10. The Morgan fingerprint density at radius 2 is 2.35 bits per heavy atom. The lowest BCUT2D eigenvalue weighted by molar-refractivity contribution is 0.0905. The van der Waals surface area contributed by atoms with Gasteiger partial charge < -0.3 is 15.2 Å². The summed E-state index contributed by atoms with van der Waals surface area (Å²) in [7, 11) is 0. The van der Waals surface area contributed by atoms with Crippen molar-refractivity contribution in [3.05, 3.63) is 21.9 Å². The van der Waals surface area contributed by atoms with Crippen molar-refractivity contribution in [2.45, 2.75) is 19.4 Å². The van der Waals surface area contributed by atoms with Crippen molar-refractivity contribution in [1.29, 1.82) is 5.26 Å². The quantitative estimate of drug-likeness (QED) is 0.693. The normalized spacial score (nSPS) is 12.3. The van der Waals surface area contributed by atoms with Gasteiger partial charge in [0.1, 0.15) is 10.9 Å². The molecule has 0 aliphatic carbocycles. The first-order valence-corrected chi connectivity index (χ1v) is 6.51. The molecule has 1 atom stereocenters. The molecule has 94 valence electrons. The molecule has 0 bridgehead atoms. The summed E-state index contributed by atoms with van der Waals surface area (Å²) in [4.78, 5) is 1.93. The maximum absolute atomic E-state index is 8.73. The van der Waals surface area contributed by atoms with Crippen LogP contribution in [0.25, 0.3) is 0 Å². The molecule has 0 radical (unpaired) electrons. The number of nitrogens with zero attached hydrogens (tertiary/aromatic N) is 1. The van der Waals surface area contributed by atoms with E-state index < -0.39 is 0 Å². The van der Waals surface area contributed by atoms with Gasteiger partial charge >= 0.3 is 0 Å². The van der Waals surface area contributed by atoms with E-state index in [0.717, 1.165) is 17.8 Å². The second kappa shape index (κ2) is 8.20. The summed E-state index contributed by atoms with van der Waals surface area (Å²) in [5.41, 5.74) is 0. The molecule has 2 N–H and O–H groups in total. The smallest absolute Gasteiger partial charge is 0.110 e. The van der Waals surface area contributed by atoms with Crippen LogP contribution in [0.1, 0.15) is 29.1 Å². The topological polar surface area (TPSA) is 65.3 Å². The van der Waals surface area contributed by atoms with Crippen molar-refractivity contribution in [1.82, 2.24) is 5.32 Å². The van der Waals surface area contributed by atoms with Gasteiger partial charge in [-0.25, -0.2) is 0 Å². The van der Waals surface area contributed by atoms with Crippen LogP contribution in [0.4, 0.5) is 0 Å². The Morgan fingerprint density at radius 1 is 1.53 bits per heavy atom. The van der Waals surface area contributed by atoms with Gasteiger partial charge in [0.25, 0.3) is 0 Å². The molecular formula is C12H18N2O2S. The highest BCUT2D eigenvalue weighted by Gasteiger charge is 2.07. The van der Waals surface area contributed by atoms with E-state index in [1.807, 2.05) is 12.1 Å². The molecule has 1 aromatic heterocycles. The van der Waals surface area contributed by atoms with Crippen molar-refractivity contribution in [3.8, 4) is 6.07 Å². The van der Waals surface area contributed by atoms with E-state index in [-0.39, 0.29) is 12.6 Å². The van der Waals surface area contributed by atoms with Gasteiger partial charge in [-0.2, -0.15) is 5.26 Å². The Hall–Kier alpha value is -0.930. The summed E-state index contributed by atoms with van der Waals surface area (Å²) in [6.07, 6.45) is 0.917. The van der Waals surface area contributed by atoms with Crippen molar-refractivity contribution in [2.24, 2.45) is 0 Å². The summed E-state index contributed by atoms with van der Waals surface area (Å²) >= 11 is 1.52. The highest BCUT2D eigenvalue weighted by atomic mass is 32.1. The molecule has 0 saturated carbocycles. The average molecular weight is 254 g/mol. The van der Waals surface area contributed by atoms with E-state index >= 15 is 0 Å². The Morgan fingerprint density at radius 3 is 3.00 bits per heavy atom. The van der Waals surface area contributed by atoms with E-state index in [1.54, 1.807) is 0 Å². The maximum Gasteiger partial charge on any atom is 0.110 e. The number of hydrogen-bond donors (Lipinski definition) is 2. The van der Waals surface area contributed by atoms with Crippen LogP contribution in [0.5, 0.6) is 0 Å². The number of nitrogens with one attached hydrogen (secondary N) is 1. The molecule has 0 aliphatic rings. The van der Waals surface area contributed by atoms with Crippen LogP contribution in [0.3, 0.4) is 0 Å². The molecule has 5 heteroatoms. The lowest BCUT2D eigenvalue weighted by atomic mass is 10.2. The van der Waals surface area contributed by atoms with E-state index in [0.29, 0.717) is 13.2 Å². The third-order valence-electron chi connectivity index (χ3n) is 2.32. The molecule has 0 aromatic carbocycles. The van der Waals surface area contributed by atoms with Crippen molar-refractivity contribution >= 4 is 11.3 Å². The molecule has 1 rings (SSSR count). The predicted octanol–water partition coefficient (Wildman–Crippen LogP) is 1.67. The molecule has 4 nitrogen and oxygen atoms in total. The van der Waals surface area contributed by atoms with Gasteiger partial charge in [0.2, 0.25) is 0 Å². The Bertz CT molecular complexity index is 360. The fraction of sp³-hybridized carbons (Fsp3) is 0.583. The largest absolute Gasteiger partial charge is 0.394 e. The molecule has 1 aromatic rings. The van der Waals surface area contributed by atoms with Gasteiger partial charge in [0.05, 0.1) is 13.2 Å². The Balaban J connectivity index is 2.17. The molecule has 0 aliphatic heterocycles. The fourth-order valence-electron chi connectivity index (χ4n) is 1.41. The van der Waals surface area contributed by atoms with Crippen LogP contribution in [0, 0.1) is 11.3 Å². The van der Waals surface area contributed by atoms with E-state index in [9.17, 15) is 0 Å². The number of nitriles is 1. The molecule has 1 unspecified atom stereocenters. The third kappa shape index (κ3) is 5.29. The van der Waals surface area contributed by atoms with Gasteiger partial charge in [-0.15, -0.1) is 11.3 Å². The Labute approximate surface area is 106 Å². The second-order valence-electron chi connectivity index (χ2n) is 3.68. The maximum atomic E-state index is 8.73. The highest BCUT2D eigenvalue weighted by molar-refractivity contribution is 7.12. The number of hydrogen-bond acceptors (Lipinski definition) is 5. The molecule has 0 fully saturated rings. The molecule has 0 saturated heterocycles. The number of thiophene rings is 1. The van der Waals surface area contributed by atoms with Gasteiger partial charge in [0, 0.05) is 17.5 Å². The van der Waals surface area contributed by atoms with E-state index in [1.165, 1.54) is 16.2 Å². The zero-order chi connectivity index (χ0) is 12.5. The average Bonchev–Trinajstić information content (AvgIpc) is 2.82. The first-order chi connectivity index (χ1) is 8.27. The lowest BCUT2D eigenvalue weighted by Crippen LogP contribution is -2.20. The highest BCUT2D eigenvalue weighted by Crippen LogP contribution is 2.22. The number of rotatable bonds is 8. The minimum absolute atomic E-state index is 0.0793. The zero-order valence-corrected chi connectivity index (χ0v) is 10.8. The van der Waals surface area contributed by atoms with E-state index in [2.05, 4.69) is 18.3 Å². The second-order valence-corrected chi connectivity index (χ2v) is 4.79. The van der Waals surface area contributed by atoms with Gasteiger partial charge in [-0.1, -0.05) is 0 Å². The van der Waals surface area contributed by atoms with Crippen molar-refractivity contribution in [3.63, 3.8) is 0 Å². The fourth-order valence-corrected chi connectivity index (χ4v) is 2.24. The third-order valence-corrected chi connectivity index (χ3v) is 3.49. The zero-order valence-electron chi connectivity index (χ0n) is 9.98. The molecule has 17 heavy (non-hydrogen) atoms. The first kappa shape index (κ1) is 14.1. The van der Waals surface area contributed by atoms with Crippen LogP contribution in [0.2, 0.25) is 0 Å². The predicted molar refractivity (Wildman–Crippen MR) is 68.0 cm³/mol. The number of aliphatic hydroxyl groups is 1. The van der Waals surface area contributed by atoms with Crippen LogP contribution >= 0.6 is 11.3 Å². The van der Waals surface area contributed by atoms with Gasteiger partial charge in [-0.3, -0.25) is 0 Å². The summed E-state index contributed by atoms with van der Waals surface area (Å²) in [6, 6.07) is 6.24. The van der Waals surface area contributed by atoms with Crippen molar-refractivity contribution in [2.75, 3.05) is 26.4 Å². The van der Waals surface area contributed by atoms with E-state index in [4.69, 9.17) is 15.1 Å².